The van der Waals surface area contributed by atoms with Crippen molar-refractivity contribution in [2.75, 3.05) is 18.0 Å². The summed E-state index contributed by atoms with van der Waals surface area (Å²) in [5.74, 6) is -1.51. The Morgan fingerprint density at radius 1 is 1.19 bits per heavy atom. The number of anilines is 1. The van der Waals surface area contributed by atoms with Crippen molar-refractivity contribution in [3.63, 3.8) is 0 Å². The Bertz CT molecular complexity index is 746. The quantitative estimate of drug-likeness (QED) is 0.598. The molecule has 7 nitrogen and oxygen atoms in total. The number of carbonyl (C=O) groups is 3. The number of hydrogen-bond donors (Lipinski definition) is 1. The molecule has 2 heterocycles. The van der Waals surface area contributed by atoms with E-state index >= 15 is 0 Å². The second-order valence-corrected chi connectivity index (χ2v) is 6.98. The van der Waals surface area contributed by atoms with E-state index in [0.717, 1.165) is 4.90 Å². The summed E-state index contributed by atoms with van der Waals surface area (Å²) < 4.78 is 29.5. The number of nitrogens with two attached hydrogens (primary N) is 1. The van der Waals surface area contributed by atoms with Crippen LogP contribution in [0.1, 0.15) is 19.3 Å². The second-order valence-electron chi connectivity index (χ2n) is 6.54. The summed E-state index contributed by atoms with van der Waals surface area (Å²) in [5.41, 5.74) is 1.74. The van der Waals surface area contributed by atoms with Gasteiger partial charge in [0, 0.05) is 17.5 Å². The Balaban J connectivity index is 1.68. The van der Waals surface area contributed by atoms with Gasteiger partial charge in [0.1, 0.15) is 5.75 Å². The Morgan fingerprint density at radius 3 is 2.30 bits per heavy atom. The lowest BCUT2D eigenvalue weighted by atomic mass is 9.95. The number of primary amides is 1. The average Bonchev–Trinajstić information content (AvgIpc) is 2.89. The molecule has 1 aromatic carbocycles. The van der Waals surface area contributed by atoms with Gasteiger partial charge in [0.2, 0.25) is 11.8 Å². The number of ether oxygens (including phenoxy) is 1. The molecular weight excluding hydrogens is 384 g/mol. The second kappa shape index (κ2) is 7.40. The SMILES string of the molecule is NC(=O)C1CCN(C2CC(=O)N(c3ccc(OC(F)(F)Cl)cc3)C2=O)CC1. The third-order valence-corrected chi connectivity index (χ3v) is 4.90. The summed E-state index contributed by atoms with van der Waals surface area (Å²) in [6.45, 7) is 1.01. The summed E-state index contributed by atoms with van der Waals surface area (Å²) in [7, 11) is 0. The maximum Gasteiger partial charge on any atom is 0.487 e. The van der Waals surface area contributed by atoms with Crippen LogP contribution in [0.2, 0.25) is 0 Å². The minimum Gasteiger partial charge on any atom is -0.420 e. The fraction of sp³-hybridized carbons (Fsp3) is 0.471. The van der Waals surface area contributed by atoms with Crippen LogP contribution in [0.25, 0.3) is 0 Å². The predicted octanol–water partition coefficient (Wildman–Crippen LogP) is 1.68. The van der Waals surface area contributed by atoms with Gasteiger partial charge in [-0.05, 0) is 50.2 Å². The summed E-state index contributed by atoms with van der Waals surface area (Å²) in [6, 6.07) is 4.50. The molecule has 10 heteroatoms. The van der Waals surface area contributed by atoms with Crippen LogP contribution >= 0.6 is 11.6 Å². The van der Waals surface area contributed by atoms with Crippen LogP contribution in [-0.4, -0.2) is 47.3 Å². The molecule has 27 heavy (non-hydrogen) atoms. The average molecular weight is 402 g/mol. The Morgan fingerprint density at radius 2 is 1.78 bits per heavy atom. The van der Waals surface area contributed by atoms with E-state index in [1.165, 1.54) is 24.3 Å². The van der Waals surface area contributed by atoms with E-state index in [1.807, 2.05) is 4.90 Å². The number of imide groups is 1. The van der Waals surface area contributed by atoms with Gasteiger partial charge in [-0.25, -0.2) is 4.90 Å². The Hall–Kier alpha value is -2.26. The summed E-state index contributed by atoms with van der Waals surface area (Å²) in [5, 5.41) is 0. The molecule has 0 saturated carbocycles. The number of hydrogen-bond acceptors (Lipinski definition) is 5. The number of halogens is 3. The molecule has 1 atom stereocenters. The van der Waals surface area contributed by atoms with Gasteiger partial charge in [0.05, 0.1) is 18.2 Å². The van der Waals surface area contributed by atoms with Gasteiger partial charge < -0.3 is 10.5 Å². The Kier molecular flexibility index (Phi) is 5.34. The van der Waals surface area contributed by atoms with E-state index in [-0.39, 0.29) is 41.5 Å². The van der Waals surface area contributed by atoms with Crippen molar-refractivity contribution < 1.29 is 27.9 Å². The topological polar surface area (TPSA) is 92.9 Å². The Labute approximate surface area is 159 Å². The van der Waals surface area contributed by atoms with E-state index in [1.54, 1.807) is 0 Å². The zero-order valence-electron chi connectivity index (χ0n) is 14.2. The largest absolute Gasteiger partial charge is 0.487 e. The molecule has 2 saturated heterocycles. The molecular formula is C17H18ClF2N3O4. The van der Waals surface area contributed by atoms with Crippen molar-refractivity contribution in [2.24, 2.45) is 11.7 Å². The fourth-order valence-corrected chi connectivity index (χ4v) is 3.55. The van der Waals surface area contributed by atoms with Crippen molar-refractivity contribution in [3.05, 3.63) is 24.3 Å². The number of alkyl halides is 3. The van der Waals surface area contributed by atoms with Crippen LogP contribution in [0.5, 0.6) is 5.75 Å². The van der Waals surface area contributed by atoms with Gasteiger partial charge in [0.25, 0.3) is 5.91 Å². The monoisotopic (exact) mass is 401 g/mol. The van der Waals surface area contributed by atoms with Crippen LogP contribution in [0.4, 0.5) is 14.5 Å². The van der Waals surface area contributed by atoms with Crippen LogP contribution in [0.3, 0.4) is 0 Å². The van der Waals surface area contributed by atoms with E-state index in [4.69, 9.17) is 17.3 Å². The number of likely N-dealkylation sites (tertiary alicyclic amines) is 1. The number of piperidine rings is 1. The lowest BCUT2D eigenvalue weighted by Gasteiger charge is -2.33. The maximum absolute atomic E-state index is 12.7. The smallest absolute Gasteiger partial charge is 0.420 e. The van der Waals surface area contributed by atoms with E-state index < -0.39 is 11.6 Å². The van der Waals surface area contributed by atoms with Gasteiger partial charge in [-0.3, -0.25) is 19.3 Å². The van der Waals surface area contributed by atoms with Crippen molar-refractivity contribution in [1.82, 2.24) is 4.90 Å². The molecule has 0 spiro atoms. The first kappa shape index (κ1) is 19.5. The van der Waals surface area contributed by atoms with E-state index in [9.17, 15) is 23.2 Å². The molecule has 3 rings (SSSR count). The molecule has 0 aliphatic carbocycles. The molecule has 2 aliphatic rings. The zero-order valence-corrected chi connectivity index (χ0v) is 15.0. The molecule has 146 valence electrons. The van der Waals surface area contributed by atoms with Crippen LogP contribution in [0.15, 0.2) is 24.3 Å². The first-order valence-corrected chi connectivity index (χ1v) is 8.79. The molecule has 0 aromatic heterocycles. The number of benzene rings is 1. The van der Waals surface area contributed by atoms with Crippen molar-refractivity contribution in [2.45, 2.75) is 30.9 Å². The van der Waals surface area contributed by atoms with Gasteiger partial charge in [-0.1, -0.05) is 0 Å². The standard InChI is InChI=1S/C17H18ClF2N3O4/c18-17(19,20)27-12-3-1-11(2-4-12)23-14(24)9-13(16(23)26)22-7-5-10(6-8-22)15(21)25/h1-4,10,13H,5-9H2,(H2,21,25). The first-order valence-electron chi connectivity index (χ1n) is 8.41. The molecule has 3 amide bonds. The third-order valence-electron chi connectivity index (χ3n) is 4.82. The van der Waals surface area contributed by atoms with Crippen LogP contribution < -0.4 is 15.4 Å². The van der Waals surface area contributed by atoms with Gasteiger partial charge in [0.15, 0.2) is 0 Å². The van der Waals surface area contributed by atoms with Crippen molar-refractivity contribution in [3.8, 4) is 5.75 Å². The number of amides is 3. The predicted molar refractivity (Wildman–Crippen MR) is 92.3 cm³/mol. The highest BCUT2D eigenvalue weighted by molar-refractivity contribution is 6.22. The third kappa shape index (κ3) is 4.36. The lowest BCUT2D eigenvalue weighted by molar-refractivity contribution is -0.124. The van der Waals surface area contributed by atoms with E-state index in [0.29, 0.717) is 25.9 Å². The fourth-order valence-electron chi connectivity index (χ4n) is 3.46. The van der Waals surface area contributed by atoms with Gasteiger partial charge in [-0.15, -0.1) is 8.78 Å². The molecule has 1 unspecified atom stereocenters. The molecule has 0 radical (unpaired) electrons. The highest BCUT2D eigenvalue weighted by atomic mass is 35.5. The zero-order chi connectivity index (χ0) is 19.8. The number of rotatable bonds is 5. The summed E-state index contributed by atoms with van der Waals surface area (Å²) in [6.07, 6.45) is 1.12. The molecule has 2 fully saturated rings. The van der Waals surface area contributed by atoms with E-state index in [2.05, 4.69) is 4.74 Å². The molecule has 2 aliphatic heterocycles. The molecule has 1 aromatic rings. The van der Waals surface area contributed by atoms with Crippen LogP contribution in [0, 0.1) is 5.92 Å². The molecule has 0 bridgehead atoms. The maximum atomic E-state index is 12.7. The van der Waals surface area contributed by atoms with Crippen molar-refractivity contribution in [1.29, 1.82) is 0 Å². The lowest BCUT2D eigenvalue weighted by Crippen LogP contribution is -2.47. The van der Waals surface area contributed by atoms with Gasteiger partial charge in [-0.2, -0.15) is 0 Å². The number of nitrogens with zero attached hydrogens (tertiary/aromatic N) is 2. The highest BCUT2D eigenvalue weighted by Gasteiger charge is 2.43. The van der Waals surface area contributed by atoms with Crippen LogP contribution in [-0.2, 0) is 14.4 Å². The highest BCUT2D eigenvalue weighted by Crippen LogP contribution is 2.31. The number of carbonyl (C=O) groups excluding carboxylic acids is 3. The first-order chi connectivity index (χ1) is 12.7. The summed E-state index contributed by atoms with van der Waals surface area (Å²) >= 11 is 4.71. The summed E-state index contributed by atoms with van der Waals surface area (Å²) in [4.78, 5) is 39.3. The molecule has 2 N–H and O–H groups in total. The van der Waals surface area contributed by atoms with Gasteiger partial charge >= 0.3 is 5.57 Å². The van der Waals surface area contributed by atoms with Crippen molar-refractivity contribution >= 4 is 35.0 Å². The minimum atomic E-state index is -3.84. The minimum absolute atomic E-state index is 0.0259. The normalized spacial score (nSPS) is 22.3.